The lowest BCUT2D eigenvalue weighted by atomic mass is 9.32. The number of amidine groups is 1. The van der Waals surface area contributed by atoms with Crippen molar-refractivity contribution in [3.8, 4) is 0 Å². The second kappa shape index (κ2) is 15.5. The largest absolute Gasteiger partial charge is 0.354 e. The van der Waals surface area contributed by atoms with Crippen LogP contribution in [0.1, 0.15) is 181 Å². The van der Waals surface area contributed by atoms with E-state index in [-0.39, 0.29) is 50.0 Å². The molecule has 0 aromatic heterocycles. The molecule has 2 aliphatic heterocycles. The van der Waals surface area contributed by atoms with E-state index in [1.54, 1.807) is 0 Å². The van der Waals surface area contributed by atoms with E-state index in [4.69, 9.17) is 0 Å². The molecular weight excluding hydrogens is 898 g/mol. The number of hydrogen-bond donors (Lipinski definition) is 2. The Bertz CT molecular complexity index is 3340. The third-order valence-corrected chi connectivity index (χ3v) is 19.1. The average Bonchev–Trinajstić information content (AvgIpc) is 3.85. The third-order valence-electron chi connectivity index (χ3n) is 19.1. The van der Waals surface area contributed by atoms with E-state index in [9.17, 15) is 5.41 Å². The van der Waals surface area contributed by atoms with Crippen molar-refractivity contribution >= 4 is 57.6 Å². The summed E-state index contributed by atoms with van der Waals surface area (Å²) < 4.78 is 0. The standard InChI is InChI=1S/C68H80BN5/c1-61(2)37-63(5,6)48-31-44(27-29-46(48)61)73-56-35-52-50(65(9,10)39-67(52,13)14)33-54(56)69-55-34-51-53(68(15,16)40-66(51,11)12)36-57(55)74(45-28-30-47-49(32-45)64(7,8)38-62(47,3)4)60(58(69)59(73)70)71-41-72(42-23-19-17-20-24-42)43-25-21-18-22-26-43/h17-36,70-71H,37-41H2,1-16H3. The first kappa shape index (κ1) is 48.9. The van der Waals surface area contributed by atoms with Crippen molar-refractivity contribution in [2.24, 2.45) is 0 Å². The maximum absolute atomic E-state index is 11.2. The first-order valence-electron chi connectivity index (χ1n) is 27.8. The van der Waals surface area contributed by atoms with E-state index in [0.717, 1.165) is 65.4 Å². The lowest BCUT2D eigenvalue weighted by Gasteiger charge is -2.46. The number of nitrogens with zero attached hydrogens (tertiary/aromatic N) is 3. The second-order valence-corrected chi connectivity index (χ2v) is 28.8. The highest BCUT2D eigenvalue weighted by molar-refractivity contribution is 6.98. The monoisotopic (exact) mass is 978 g/mol. The van der Waals surface area contributed by atoms with Crippen LogP contribution in [-0.4, -0.2) is 19.2 Å². The maximum atomic E-state index is 11.2. The topological polar surface area (TPSA) is 45.6 Å². The normalized spacial score (nSPS) is 21.8. The molecule has 4 aliphatic carbocycles. The molecule has 0 fully saturated rings. The third kappa shape index (κ3) is 7.18. The van der Waals surface area contributed by atoms with Crippen LogP contribution in [0, 0.1) is 5.41 Å². The van der Waals surface area contributed by atoms with Crippen LogP contribution in [0.4, 0.5) is 34.1 Å². The molecule has 12 rings (SSSR count). The minimum Gasteiger partial charge on any atom is -0.354 e. The molecule has 380 valence electrons. The molecule has 0 radical (unpaired) electrons. The molecule has 6 aromatic carbocycles. The minimum atomic E-state index is -0.214. The minimum absolute atomic E-state index is 0.0100. The van der Waals surface area contributed by atoms with Crippen molar-refractivity contribution in [2.75, 3.05) is 21.4 Å². The van der Waals surface area contributed by atoms with Crippen LogP contribution in [0.25, 0.3) is 0 Å². The molecule has 5 nitrogen and oxygen atoms in total. The molecule has 2 heterocycles. The molecule has 2 N–H and O–H groups in total. The summed E-state index contributed by atoms with van der Waals surface area (Å²) in [6.07, 6.45) is 4.32. The van der Waals surface area contributed by atoms with Gasteiger partial charge in [0.25, 0.3) is 6.71 Å². The fourth-order valence-corrected chi connectivity index (χ4v) is 16.9. The first-order valence-corrected chi connectivity index (χ1v) is 27.8. The highest BCUT2D eigenvalue weighted by Crippen LogP contribution is 2.57. The van der Waals surface area contributed by atoms with Crippen molar-refractivity contribution in [1.82, 2.24) is 5.32 Å². The van der Waals surface area contributed by atoms with E-state index in [1.165, 1.54) is 61.1 Å². The molecule has 6 aromatic rings. The fraction of sp³-hybridized carbons (Fsp3) is 0.426. The van der Waals surface area contributed by atoms with Crippen molar-refractivity contribution in [3.63, 3.8) is 0 Å². The van der Waals surface area contributed by atoms with Crippen molar-refractivity contribution < 1.29 is 0 Å². The van der Waals surface area contributed by atoms with E-state index in [0.29, 0.717) is 12.5 Å². The number of para-hydroxylation sites is 2. The van der Waals surface area contributed by atoms with Crippen LogP contribution >= 0.6 is 0 Å². The summed E-state index contributed by atoms with van der Waals surface area (Å²) in [5.41, 5.74) is 21.7. The quantitative estimate of drug-likeness (QED) is 0.124. The van der Waals surface area contributed by atoms with Crippen LogP contribution in [-0.2, 0) is 43.3 Å². The zero-order chi connectivity index (χ0) is 52.7. The van der Waals surface area contributed by atoms with Crippen LogP contribution in [0.15, 0.2) is 133 Å². The Balaban J connectivity index is 1.19. The Morgan fingerprint density at radius 1 is 0.419 bits per heavy atom. The Morgan fingerprint density at radius 3 is 1.16 bits per heavy atom. The van der Waals surface area contributed by atoms with Crippen molar-refractivity contribution in [3.05, 3.63) is 177 Å². The van der Waals surface area contributed by atoms with Gasteiger partial charge in [-0.1, -0.05) is 171 Å². The Kier molecular flexibility index (Phi) is 10.3. The SMILES string of the molecule is CC1(C)CC(C)(C)c2cc(N3C(=N)C4=C(NCN(c5ccccc5)c5ccccc5)N(c5ccc6c(c5)C(C)(C)CC6(C)C)c5cc6c(cc5B4c4cc5c(cc43)C(C)(C)CC5(C)C)C(C)(C)CC6(C)C)ccc21. The predicted octanol–water partition coefficient (Wildman–Crippen LogP) is 15.5. The van der Waals surface area contributed by atoms with Gasteiger partial charge in [-0.2, -0.15) is 0 Å². The summed E-state index contributed by atoms with van der Waals surface area (Å²) in [6.45, 7) is 39.2. The Labute approximate surface area is 444 Å². The molecule has 74 heavy (non-hydrogen) atoms. The van der Waals surface area contributed by atoms with Gasteiger partial charge >= 0.3 is 0 Å². The summed E-state index contributed by atoms with van der Waals surface area (Å²) >= 11 is 0. The van der Waals surface area contributed by atoms with Gasteiger partial charge in [-0.25, -0.2) is 0 Å². The summed E-state index contributed by atoms with van der Waals surface area (Å²) in [6, 6.07) is 46.5. The van der Waals surface area contributed by atoms with Gasteiger partial charge in [-0.15, -0.1) is 0 Å². The number of fused-ring (bicyclic) bond motifs is 9. The highest BCUT2D eigenvalue weighted by atomic mass is 15.3. The van der Waals surface area contributed by atoms with E-state index in [2.05, 4.69) is 252 Å². The zero-order valence-electron chi connectivity index (χ0n) is 47.5. The van der Waals surface area contributed by atoms with Crippen LogP contribution in [0.3, 0.4) is 0 Å². The van der Waals surface area contributed by atoms with Gasteiger partial charge in [-0.3, -0.25) is 15.2 Å². The fourth-order valence-electron chi connectivity index (χ4n) is 16.9. The molecular formula is C68H80BN5. The van der Waals surface area contributed by atoms with Crippen LogP contribution < -0.4 is 30.9 Å². The summed E-state index contributed by atoms with van der Waals surface area (Å²) in [4.78, 5) is 7.31. The van der Waals surface area contributed by atoms with Gasteiger partial charge in [-0.05, 0) is 185 Å². The smallest absolute Gasteiger partial charge is 0.256 e. The van der Waals surface area contributed by atoms with Crippen molar-refractivity contribution in [1.29, 1.82) is 5.41 Å². The van der Waals surface area contributed by atoms with E-state index >= 15 is 0 Å². The Morgan fingerprint density at radius 2 is 0.757 bits per heavy atom. The zero-order valence-corrected chi connectivity index (χ0v) is 47.5. The van der Waals surface area contributed by atoms with Crippen LogP contribution in [0.2, 0.25) is 0 Å². The summed E-state index contributed by atoms with van der Waals surface area (Å²) in [7, 11) is 0. The van der Waals surface area contributed by atoms with Crippen molar-refractivity contribution in [2.45, 2.75) is 180 Å². The first-order chi connectivity index (χ1) is 34.5. The molecule has 0 bridgehead atoms. The van der Waals surface area contributed by atoms with Gasteiger partial charge in [0.15, 0.2) is 0 Å². The van der Waals surface area contributed by atoms with Gasteiger partial charge in [0.1, 0.15) is 11.7 Å². The molecule has 0 saturated heterocycles. The number of nitrogens with one attached hydrogen (secondary N) is 2. The van der Waals surface area contributed by atoms with Crippen LogP contribution in [0.5, 0.6) is 0 Å². The summed E-state index contributed by atoms with van der Waals surface area (Å²) in [5.74, 6) is 1.49. The number of hydrogen-bond acceptors (Lipinski definition) is 4. The Hall–Kier alpha value is -6.01. The number of benzene rings is 6. The lowest BCUT2D eigenvalue weighted by molar-refractivity contribution is 0.402. The molecule has 6 heteroatoms. The maximum Gasteiger partial charge on any atom is 0.256 e. The van der Waals surface area contributed by atoms with Gasteiger partial charge in [0, 0.05) is 39.6 Å². The molecule has 0 saturated carbocycles. The predicted molar refractivity (Wildman–Crippen MR) is 316 cm³/mol. The number of anilines is 6. The molecule has 0 amide bonds. The lowest BCUT2D eigenvalue weighted by Crippen LogP contribution is -2.61. The van der Waals surface area contributed by atoms with E-state index < -0.39 is 0 Å². The molecule has 0 spiro atoms. The van der Waals surface area contributed by atoms with E-state index in [1.807, 2.05) is 0 Å². The molecule has 0 atom stereocenters. The summed E-state index contributed by atoms with van der Waals surface area (Å²) in [5, 5.41) is 15.5. The highest BCUT2D eigenvalue weighted by Gasteiger charge is 2.53. The second-order valence-electron chi connectivity index (χ2n) is 28.8. The van der Waals surface area contributed by atoms with Gasteiger partial charge in [0.2, 0.25) is 0 Å². The molecule has 0 unspecified atom stereocenters. The molecule has 6 aliphatic rings. The number of rotatable bonds is 7. The van der Waals surface area contributed by atoms with Gasteiger partial charge < -0.3 is 10.2 Å². The average molecular weight is 978 g/mol. The van der Waals surface area contributed by atoms with Gasteiger partial charge in [0.05, 0.1) is 6.67 Å².